The first kappa shape index (κ1) is 16.5. The first-order chi connectivity index (χ1) is 9.31. The summed E-state index contributed by atoms with van der Waals surface area (Å²) in [5.41, 5.74) is 2.40. The summed E-state index contributed by atoms with van der Waals surface area (Å²) >= 11 is 0. The van der Waals surface area contributed by atoms with Gasteiger partial charge < -0.3 is 22.5 Å². The molecular formula is C17H21ClNO-. The van der Waals surface area contributed by atoms with Crippen molar-refractivity contribution >= 4 is 0 Å². The Labute approximate surface area is 127 Å². The van der Waals surface area contributed by atoms with E-state index < -0.39 is 0 Å². The quantitative estimate of drug-likeness (QED) is 0.847. The average Bonchev–Trinajstić information content (AvgIpc) is 2.46. The number of para-hydroxylation sites is 1. The molecule has 0 aromatic heterocycles. The van der Waals surface area contributed by atoms with Gasteiger partial charge in [0.1, 0.15) is 11.9 Å². The van der Waals surface area contributed by atoms with Crippen LogP contribution in [-0.2, 0) is 0 Å². The van der Waals surface area contributed by atoms with Crippen molar-refractivity contribution in [2.75, 3.05) is 13.6 Å². The Morgan fingerprint density at radius 3 is 2.30 bits per heavy atom. The molecule has 1 N–H and O–H groups in total. The summed E-state index contributed by atoms with van der Waals surface area (Å²) < 4.78 is 6.19. The highest BCUT2D eigenvalue weighted by molar-refractivity contribution is 5.33. The third kappa shape index (κ3) is 4.55. The molecule has 2 nitrogen and oxygen atoms in total. The third-order valence-corrected chi connectivity index (χ3v) is 3.19. The zero-order chi connectivity index (χ0) is 13.5. The smallest absolute Gasteiger partial charge is 0.125 e. The van der Waals surface area contributed by atoms with Crippen molar-refractivity contribution < 1.29 is 17.1 Å². The number of aryl methyl sites for hydroxylation is 1. The summed E-state index contributed by atoms with van der Waals surface area (Å²) in [6.07, 6.45) is 1.05. The molecule has 0 unspecified atom stereocenters. The van der Waals surface area contributed by atoms with E-state index in [2.05, 4.69) is 42.6 Å². The fourth-order valence-electron chi connectivity index (χ4n) is 2.08. The molecule has 2 rings (SSSR count). The van der Waals surface area contributed by atoms with Gasteiger partial charge in [-0.05, 0) is 37.7 Å². The van der Waals surface area contributed by atoms with Crippen LogP contribution in [0.25, 0.3) is 0 Å². The molecule has 108 valence electrons. The number of nitrogens with one attached hydrogen (secondary N) is 1. The number of benzene rings is 2. The molecule has 0 spiro atoms. The summed E-state index contributed by atoms with van der Waals surface area (Å²) in [5, 5.41) is 3.19. The van der Waals surface area contributed by atoms with E-state index in [-0.39, 0.29) is 18.5 Å². The Morgan fingerprint density at radius 2 is 1.65 bits per heavy atom. The Balaban J connectivity index is 0.00000200. The van der Waals surface area contributed by atoms with E-state index in [1.165, 1.54) is 11.1 Å². The fourth-order valence-corrected chi connectivity index (χ4v) is 2.08. The second-order valence-corrected chi connectivity index (χ2v) is 4.67. The molecule has 0 aliphatic rings. The van der Waals surface area contributed by atoms with Crippen LogP contribution in [0.5, 0.6) is 5.75 Å². The van der Waals surface area contributed by atoms with E-state index in [1.54, 1.807) is 0 Å². The van der Waals surface area contributed by atoms with Gasteiger partial charge in [0.15, 0.2) is 0 Å². The molecule has 0 saturated carbocycles. The molecule has 2 aromatic rings. The molecule has 3 heteroatoms. The van der Waals surface area contributed by atoms with Gasteiger partial charge in [-0.25, -0.2) is 0 Å². The number of rotatable bonds is 6. The van der Waals surface area contributed by atoms with Gasteiger partial charge in [0.05, 0.1) is 0 Å². The van der Waals surface area contributed by atoms with Crippen LogP contribution in [0.1, 0.15) is 23.7 Å². The van der Waals surface area contributed by atoms with Crippen LogP contribution in [0.4, 0.5) is 0 Å². The summed E-state index contributed by atoms with van der Waals surface area (Å²) in [7, 11) is 1.97. The normalized spacial score (nSPS) is 11.5. The van der Waals surface area contributed by atoms with Gasteiger partial charge in [-0.1, -0.05) is 48.5 Å². The monoisotopic (exact) mass is 290 g/mol. The van der Waals surface area contributed by atoms with Crippen molar-refractivity contribution in [3.8, 4) is 5.75 Å². The minimum absolute atomic E-state index is 0. The topological polar surface area (TPSA) is 21.3 Å². The van der Waals surface area contributed by atoms with Gasteiger partial charge in [0.2, 0.25) is 0 Å². The average molecular weight is 291 g/mol. The molecule has 0 radical (unpaired) electrons. The first-order valence-electron chi connectivity index (χ1n) is 6.73. The maximum atomic E-state index is 6.19. The van der Waals surface area contributed by atoms with Crippen LogP contribution in [-0.4, -0.2) is 13.6 Å². The summed E-state index contributed by atoms with van der Waals surface area (Å²) in [6.45, 7) is 3.01. The molecule has 0 saturated heterocycles. The van der Waals surface area contributed by atoms with E-state index in [0.717, 1.165) is 18.7 Å². The minimum atomic E-state index is 0. The largest absolute Gasteiger partial charge is 1.00 e. The lowest BCUT2D eigenvalue weighted by molar-refractivity contribution is -0.00000469. The molecular weight excluding hydrogens is 270 g/mol. The number of ether oxygens (including phenoxy) is 1. The van der Waals surface area contributed by atoms with Crippen molar-refractivity contribution in [1.82, 2.24) is 5.32 Å². The highest BCUT2D eigenvalue weighted by atomic mass is 35.5. The first-order valence-corrected chi connectivity index (χ1v) is 6.73. The molecule has 0 amide bonds. The standard InChI is InChI=1S/C17H21NO.ClH/c1-14-8-6-7-11-16(14)19-17(12-13-18-2)15-9-4-3-5-10-15;/h3-11,17-18H,12-13H2,1-2H3;1H/p-1/t17-;/m1./s1. The Morgan fingerprint density at radius 1 is 1.00 bits per heavy atom. The van der Waals surface area contributed by atoms with Crippen molar-refractivity contribution in [2.24, 2.45) is 0 Å². The van der Waals surface area contributed by atoms with Crippen LogP contribution in [0.3, 0.4) is 0 Å². The van der Waals surface area contributed by atoms with Gasteiger partial charge in [-0.15, -0.1) is 0 Å². The summed E-state index contributed by atoms with van der Waals surface area (Å²) in [4.78, 5) is 0. The minimum Gasteiger partial charge on any atom is -1.00 e. The highest BCUT2D eigenvalue weighted by Gasteiger charge is 2.13. The van der Waals surface area contributed by atoms with Crippen LogP contribution in [0.15, 0.2) is 54.6 Å². The highest BCUT2D eigenvalue weighted by Crippen LogP contribution is 2.26. The van der Waals surface area contributed by atoms with Crippen molar-refractivity contribution in [3.63, 3.8) is 0 Å². The molecule has 1 atom stereocenters. The number of halogens is 1. The molecule has 0 fully saturated rings. The SMILES string of the molecule is CNCC[C@@H](Oc1ccccc1C)c1ccccc1.[Cl-]. The molecule has 20 heavy (non-hydrogen) atoms. The maximum absolute atomic E-state index is 6.19. The Hall–Kier alpha value is -1.51. The maximum Gasteiger partial charge on any atom is 0.125 e. The van der Waals surface area contributed by atoms with Gasteiger partial charge >= 0.3 is 0 Å². The molecule has 0 aliphatic heterocycles. The van der Waals surface area contributed by atoms with Crippen LogP contribution >= 0.6 is 0 Å². The van der Waals surface area contributed by atoms with Gasteiger partial charge in [0.25, 0.3) is 0 Å². The van der Waals surface area contributed by atoms with Crippen LogP contribution in [0.2, 0.25) is 0 Å². The van der Waals surface area contributed by atoms with Crippen LogP contribution < -0.4 is 22.5 Å². The number of hydrogen-bond acceptors (Lipinski definition) is 2. The third-order valence-electron chi connectivity index (χ3n) is 3.19. The molecule has 0 aliphatic carbocycles. The lowest BCUT2D eigenvalue weighted by Gasteiger charge is -2.20. The van der Waals surface area contributed by atoms with E-state index >= 15 is 0 Å². The summed E-state index contributed by atoms with van der Waals surface area (Å²) in [5.74, 6) is 0.965. The van der Waals surface area contributed by atoms with E-state index in [9.17, 15) is 0 Å². The Bertz CT molecular complexity index is 501. The lowest BCUT2D eigenvalue weighted by atomic mass is 10.1. The zero-order valence-corrected chi connectivity index (χ0v) is 12.7. The number of hydrogen-bond donors (Lipinski definition) is 1. The van der Waals surface area contributed by atoms with Gasteiger partial charge in [-0.3, -0.25) is 0 Å². The predicted octanol–water partition coefficient (Wildman–Crippen LogP) is 0.729. The van der Waals surface area contributed by atoms with Crippen molar-refractivity contribution in [3.05, 3.63) is 65.7 Å². The second kappa shape index (κ2) is 8.62. The van der Waals surface area contributed by atoms with Crippen molar-refractivity contribution in [1.29, 1.82) is 0 Å². The van der Waals surface area contributed by atoms with E-state index in [4.69, 9.17) is 4.74 Å². The Kier molecular flexibility index (Phi) is 7.13. The van der Waals surface area contributed by atoms with Crippen molar-refractivity contribution in [2.45, 2.75) is 19.4 Å². The predicted molar refractivity (Wildman–Crippen MR) is 79.5 cm³/mol. The molecule has 0 bridgehead atoms. The fraction of sp³-hybridized carbons (Fsp3) is 0.294. The summed E-state index contributed by atoms with van der Waals surface area (Å²) in [6, 6.07) is 18.6. The lowest BCUT2D eigenvalue weighted by Crippen LogP contribution is -3.00. The van der Waals surface area contributed by atoms with E-state index in [1.807, 2.05) is 31.3 Å². The second-order valence-electron chi connectivity index (χ2n) is 4.67. The van der Waals surface area contributed by atoms with E-state index in [0.29, 0.717) is 0 Å². The van der Waals surface area contributed by atoms with Gasteiger partial charge in [0, 0.05) is 6.42 Å². The molecule has 2 aromatic carbocycles. The molecule has 0 heterocycles. The van der Waals surface area contributed by atoms with Crippen LogP contribution in [0, 0.1) is 6.92 Å². The zero-order valence-electron chi connectivity index (χ0n) is 12.0. The van der Waals surface area contributed by atoms with Gasteiger partial charge in [-0.2, -0.15) is 0 Å².